The van der Waals surface area contributed by atoms with Crippen molar-refractivity contribution in [1.29, 1.82) is 0 Å². The number of fused-ring (bicyclic) bond motifs is 7. The zero-order valence-electron chi connectivity index (χ0n) is 22.0. The molecule has 0 atom stereocenters. The average Bonchev–Trinajstić information content (AvgIpc) is 3.32. The van der Waals surface area contributed by atoms with Gasteiger partial charge < -0.3 is 9.30 Å². The van der Waals surface area contributed by atoms with Gasteiger partial charge in [0.2, 0.25) is 0 Å². The minimum absolute atomic E-state index is 0.151. The van der Waals surface area contributed by atoms with E-state index in [1.165, 1.54) is 60.5 Å². The van der Waals surface area contributed by atoms with Gasteiger partial charge in [0.1, 0.15) is 11.5 Å². The van der Waals surface area contributed by atoms with Crippen molar-refractivity contribution in [2.24, 2.45) is 0 Å². The summed E-state index contributed by atoms with van der Waals surface area (Å²) in [5, 5.41) is 5.06. The molecular weight excluding hydrogens is 474 g/mol. The highest BCUT2D eigenvalue weighted by atomic mass is 16.5. The summed E-state index contributed by atoms with van der Waals surface area (Å²) in [6.45, 7) is 4.58. The molecule has 0 bridgehead atoms. The van der Waals surface area contributed by atoms with Crippen LogP contribution in [0.2, 0.25) is 0 Å². The molecule has 1 aliphatic heterocycles. The highest BCUT2D eigenvalue weighted by Crippen LogP contribution is 2.49. The first-order valence-electron chi connectivity index (χ1n) is 13.5. The van der Waals surface area contributed by atoms with Crippen molar-refractivity contribution in [1.82, 2.24) is 4.57 Å². The Kier molecular flexibility index (Phi) is 4.60. The highest BCUT2D eigenvalue weighted by Gasteiger charge is 2.34. The van der Waals surface area contributed by atoms with Crippen LogP contribution < -0.4 is 4.74 Å². The summed E-state index contributed by atoms with van der Waals surface area (Å²) < 4.78 is 8.76. The van der Waals surface area contributed by atoms with E-state index in [4.69, 9.17) is 4.74 Å². The number of hydrogen-bond acceptors (Lipinski definition) is 1. The van der Waals surface area contributed by atoms with E-state index in [0.29, 0.717) is 0 Å². The van der Waals surface area contributed by atoms with Gasteiger partial charge in [-0.05, 0) is 52.9 Å². The Morgan fingerprint density at radius 3 is 2.13 bits per heavy atom. The summed E-state index contributed by atoms with van der Waals surface area (Å²) >= 11 is 0. The molecule has 0 N–H and O–H groups in total. The molecule has 6 aromatic carbocycles. The fourth-order valence-electron chi connectivity index (χ4n) is 6.43. The van der Waals surface area contributed by atoms with Gasteiger partial charge >= 0.3 is 0 Å². The van der Waals surface area contributed by atoms with Crippen molar-refractivity contribution in [2.75, 3.05) is 0 Å². The SMILES string of the molecule is CC1(C)c2ccccc2Oc2ccc(-c3ccc4c5ccc6ccccc6c5n(-c5ccccc5)c4c3)cc21. The molecule has 2 nitrogen and oxygen atoms in total. The first-order chi connectivity index (χ1) is 19.1. The molecule has 0 saturated carbocycles. The number of rotatable bonds is 2. The van der Waals surface area contributed by atoms with Crippen LogP contribution in [-0.2, 0) is 5.41 Å². The van der Waals surface area contributed by atoms with Crippen molar-refractivity contribution in [2.45, 2.75) is 19.3 Å². The maximum atomic E-state index is 6.33. The van der Waals surface area contributed by atoms with E-state index in [1.54, 1.807) is 0 Å². The monoisotopic (exact) mass is 501 g/mol. The van der Waals surface area contributed by atoms with E-state index in [0.717, 1.165) is 11.5 Å². The third-order valence-corrected chi connectivity index (χ3v) is 8.43. The van der Waals surface area contributed by atoms with E-state index in [9.17, 15) is 0 Å². The fourth-order valence-corrected chi connectivity index (χ4v) is 6.43. The van der Waals surface area contributed by atoms with E-state index < -0.39 is 0 Å². The molecule has 0 spiro atoms. The number of para-hydroxylation sites is 2. The minimum Gasteiger partial charge on any atom is -0.457 e. The average molecular weight is 502 g/mol. The lowest BCUT2D eigenvalue weighted by molar-refractivity contribution is 0.418. The van der Waals surface area contributed by atoms with Gasteiger partial charge in [0, 0.05) is 38.4 Å². The van der Waals surface area contributed by atoms with Crippen molar-refractivity contribution < 1.29 is 4.74 Å². The molecule has 1 aromatic heterocycles. The first kappa shape index (κ1) is 22.2. The predicted octanol–water partition coefficient (Wildman–Crippen LogP) is 10.0. The molecule has 2 heteroatoms. The molecule has 7 aromatic rings. The van der Waals surface area contributed by atoms with Gasteiger partial charge in [0.15, 0.2) is 0 Å². The molecule has 0 saturated heterocycles. The van der Waals surface area contributed by atoms with Gasteiger partial charge in [-0.25, -0.2) is 0 Å². The number of nitrogens with zero attached hydrogens (tertiary/aromatic N) is 1. The normalized spacial score (nSPS) is 13.8. The summed E-state index contributed by atoms with van der Waals surface area (Å²) in [6, 6.07) is 45.8. The maximum absolute atomic E-state index is 6.33. The van der Waals surface area contributed by atoms with Crippen molar-refractivity contribution in [3.8, 4) is 28.3 Å². The molecule has 0 aliphatic carbocycles. The predicted molar refractivity (Wildman–Crippen MR) is 162 cm³/mol. The smallest absolute Gasteiger partial charge is 0.131 e. The Labute approximate surface area is 227 Å². The minimum atomic E-state index is -0.151. The second-order valence-corrected chi connectivity index (χ2v) is 11.0. The molecule has 0 amide bonds. The van der Waals surface area contributed by atoms with Gasteiger partial charge in [-0.1, -0.05) is 105 Å². The second-order valence-electron chi connectivity index (χ2n) is 11.0. The molecule has 39 heavy (non-hydrogen) atoms. The summed E-state index contributed by atoms with van der Waals surface area (Å²) in [4.78, 5) is 0. The van der Waals surface area contributed by atoms with Crippen molar-refractivity contribution in [3.63, 3.8) is 0 Å². The number of ether oxygens (including phenoxy) is 1. The molecular formula is C37H27NO. The van der Waals surface area contributed by atoms with E-state index in [2.05, 4.69) is 140 Å². The zero-order chi connectivity index (χ0) is 26.1. The van der Waals surface area contributed by atoms with E-state index in [-0.39, 0.29) is 5.41 Å². The lowest BCUT2D eigenvalue weighted by atomic mass is 9.75. The van der Waals surface area contributed by atoms with E-state index in [1.807, 2.05) is 6.07 Å². The number of hydrogen-bond donors (Lipinski definition) is 0. The summed E-state index contributed by atoms with van der Waals surface area (Å²) in [6.07, 6.45) is 0. The summed E-state index contributed by atoms with van der Waals surface area (Å²) in [5.41, 5.74) is 8.32. The molecule has 186 valence electrons. The molecule has 0 unspecified atom stereocenters. The number of benzene rings is 6. The molecule has 1 aliphatic rings. The lowest BCUT2D eigenvalue weighted by Crippen LogP contribution is -2.24. The Hall–Kier alpha value is -4.82. The lowest BCUT2D eigenvalue weighted by Gasteiger charge is -2.34. The van der Waals surface area contributed by atoms with Crippen LogP contribution in [0.3, 0.4) is 0 Å². The van der Waals surface area contributed by atoms with Crippen LogP contribution in [0.5, 0.6) is 11.5 Å². The van der Waals surface area contributed by atoms with Crippen LogP contribution in [0, 0.1) is 0 Å². The van der Waals surface area contributed by atoms with Crippen molar-refractivity contribution >= 4 is 32.6 Å². The Bertz CT molecular complexity index is 2060. The zero-order valence-corrected chi connectivity index (χ0v) is 22.0. The highest BCUT2D eigenvalue weighted by molar-refractivity contribution is 6.19. The fraction of sp³-hybridized carbons (Fsp3) is 0.0811. The van der Waals surface area contributed by atoms with Crippen LogP contribution >= 0.6 is 0 Å². The van der Waals surface area contributed by atoms with E-state index >= 15 is 0 Å². The van der Waals surface area contributed by atoms with Crippen LogP contribution in [0.15, 0.2) is 127 Å². The molecule has 0 fully saturated rings. The summed E-state index contributed by atoms with van der Waals surface area (Å²) in [7, 11) is 0. The third-order valence-electron chi connectivity index (χ3n) is 8.43. The van der Waals surface area contributed by atoms with Gasteiger partial charge in [0.25, 0.3) is 0 Å². The van der Waals surface area contributed by atoms with Gasteiger partial charge in [-0.3, -0.25) is 0 Å². The van der Waals surface area contributed by atoms with Gasteiger partial charge in [0.05, 0.1) is 11.0 Å². The van der Waals surface area contributed by atoms with Crippen molar-refractivity contribution in [3.05, 3.63) is 139 Å². The Morgan fingerprint density at radius 1 is 0.538 bits per heavy atom. The Balaban J connectivity index is 1.38. The largest absolute Gasteiger partial charge is 0.457 e. The van der Waals surface area contributed by atoms with Crippen LogP contribution in [0.25, 0.3) is 49.4 Å². The molecule has 8 rings (SSSR count). The standard InChI is InChI=1S/C37H27NO/c1-37(2)31-14-8-9-15-34(31)39-35-21-18-25(22-32(35)37)26-17-19-29-30-20-16-24-10-6-7-13-28(24)36(30)38(33(29)23-26)27-11-4-3-5-12-27/h3-23H,1-2H3. The first-order valence-corrected chi connectivity index (χ1v) is 13.5. The van der Waals surface area contributed by atoms with Gasteiger partial charge in [-0.15, -0.1) is 0 Å². The van der Waals surface area contributed by atoms with Gasteiger partial charge in [-0.2, -0.15) is 0 Å². The maximum Gasteiger partial charge on any atom is 0.131 e. The molecule has 0 radical (unpaired) electrons. The third kappa shape index (κ3) is 3.21. The van der Waals surface area contributed by atoms with Crippen LogP contribution in [0.4, 0.5) is 0 Å². The Morgan fingerprint density at radius 2 is 1.23 bits per heavy atom. The second kappa shape index (κ2) is 8.09. The number of aromatic nitrogens is 1. The summed E-state index contributed by atoms with van der Waals surface area (Å²) in [5.74, 6) is 1.89. The topological polar surface area (TPSA) is 14.2 Å². The quantitative estimate of drug-likeness (QED) is 0.230. The van der Waals surface area contributed by atoms with Crippen LogP contribution in [-0.4, -0.2) is 4.57 Å². The van der Waals surface area contributed by atoms with Crippen LogP contribution in [0.1, 0.15) is 25.0 Å². The molecule has 2 heterocycles.